The van der Waals surface area contributed by atoms with E-state index in [1.165, 1.54) is 0 Å². The number of amides is 1. The number of benzene rings is 1. The number of furan rings is 1. The average Bonchev–Trinajstić information content (AvgIpc) is 3.55. The van der Waals surface area contributed by atoms with Gasteiger partial charge < -0.3 is 29.3 Å². The second kappa shape index (κ2) is 8.37. The summed E-state index contributed by atoms with van der Waals surface area (Å²) in [6, 6.07) is 12.0. The van der Waals surface area contributed by atoms with Crippen LogP contribution < -0.4 is 15.4 Å². The van der Waals surface area contributed by atoms with Crippen molar-refractivity contribution in [2.75, 3.05) is 25.6 Å². The molecular weight excluding hydrogens is 400 g/mol. The maximum atomic E-state index is 12.6. The number of hydrogen-bond donors (Lipinski definition) is 2. The number of hydrogen-bond acceptors (Lipinski definition) is 8. The van der Waals surface area contributed by atoms with Crippen LogP contribution >= 0.6 is 0 Å². The largest absolute Gasteiger partial charge is 0.497 e. The van der Waals surface area contributed by atoms with Crippen molar-refractivity contribution in [2.24, 2.45) is 0 Å². The van der Waals surface area contributed by atoms with Gasteiger partial charge in [0.2, 0.25) is 5.95 Å². The molecule has 0 radical (unpaired) electrons. The number of carbonyl (C=O) groups is 1. The van der Waals surface area contributed by atoms with E-state index in [0.29, 0.717) is 41.9 Å². The molecule has 2 saturated heterocycles. The van der Waals surface area contributed by atoms with Gasteiger partial charge in [-0.2, -0.15) is 0 Å². The van der Waals surface area contributed by atoms with Crippen molar-refractivity contribution in [1.82, 2.24) is 15.3 Å². The Kier molecular flexibility index (Phi) is 5.27. The van der Waals surface area contributed by atoms with E-state index in [0.717, 1.165) is 0 Å². The maximum Gasteiger partial charge on any atom is 0.251 e. The van der Waals surface area contributed by atoms with Gasteiger partial charge in [-0.1, -0.05) is 0 Å². The van der Waals surface area contributed by atoms with E-state index in [4.69, 9.17) is 18.6 Å². The van der Waals surface area contributed by atoms with Gasteiger partial charge in [-0.05, 0) is 42.5 Å². The molecule has 4 unspecified atom stereocenters. The molecule has 2 aromatic heterocycles. The topological polar surface area (TPSA) is 108 Å². The van der Waals surface area contributed by atoms with Crippen molar-refractivity contribution in [3.05, 3.63) is 60.5 Å². The third kappa shape index (κ3) is 3.97. The van der Waals surface area contributed by atoms with Crippen LogP contribution in [0, 0.1) is 0 Å². The summed E-state index contributed by atoms with van der Waals surface area (Å²) < 4.78 is 22.4. The van der Waals surface area contributed by atoms with Gasteiger partial charge in [0.1, 0.15) is 23.7 Å². The Labute approximate surface area is 178 Å². The number of nitrogens with zero attached hydrogens (tertiary/aromatic N) is 2. The van der Waals surface area contributed by atoms with Crippen molar-refractivity contribution in [3.8, 4) is 17.2 Å². The second-order valence-electron chi connectivity index (χ2n) is 7.40. The predicted molar refractivity (Wildman–Crippen MR) is 111 cm³/mol. The van der Waals surface area contributed by atoms with Gasteiger partial charge in [0.05, 0.1) is 38.7 Å². The summed E-state index contributed by atoms with van der Waals surface area (Å²) in [6.07, 6.45) is 2.82. The zero-order valence-corrected chi connectivity index (χ0v) is 16.9. The van der Waals surface area contributed by atoms with Gasteiger partial charge in [-0.3, -0.25) is 4.79 Å². The summed E-state index contributed by atoms with van der Waals surface area (Å²) in [5, 5.41) is 6.31. The Balaban J connectivity index is 1.22. The minimum Gasteiger partial charge on any atom is -0.497 e. The van der Waals surface area contributed by atoms with Crippen molar-refractivity contribution >= 4 is 11.9 Å². The highest BCUT2D eigenvalue weighted by Crippen LogP contribution is 2.29. The monoisotopic (exact) mass is 422 g/mol. The smallest absolute Gasteiger partial charge is 0.251 e. The van der Waals surface area contributed by atoms with E-state index in [2.05, 4.69) is 20.6 Å². The van der Waals surface area contributed by atoms with Crippen LogP contribution in [0.3, 0.4) is 0 Å². The summed E-state index contributed by atoms with van der Waals surface area (Å²) >= 11 is 0. The summed E-state index contributed by atoms with van der Waals surface area (Å²) in [7, 11) is 1.59. The molecule has 2 aliphatic rings. The van der Waals surface area contributed by atoms with E-state index in [1.807, 2.05) is 12.1 Å². The molecule has 9 heteroatoms. The molecule has 0 spiro atoms. The number of methoxy groups -OCH3 is 1. The summed E-state index contributed by atoms with van der Waals surface area (Å²) in [5.74, 6) is 1.67. The average molecular weight is 422 g/mol. The number of nitrogens with one attached hydrogen (secondary N) is 2. The SMILES string of the molecule is COc1ccc(C(=O)NC2COC3C(Nc4nccc(-c5ccco5)n4)COC23)cc1. The third-order valence-electron chi connectivity index (χ3n) is 5.47. The molecule has 2 N–H and O–H groups in total. The van der Waals surface area contributed by atoms with Gasteiger partial charge in [-0.25, -0.2) is 9.97 Å². The molecule has 5 rings (SSSR count). The van der Waals surface area contributed by atoms with E-state index in [-0.39, 0.29) is 30.2 Å². The van der Waals surface area contributed by atoms with Crippen molar-refractivity contribution in [2.45, 2.75) is 24.3 Å². The van der Waals surface area contributed by atoms with Gasteiger partial charge >= 0.3 is 0 Å². The van der Waals surface area contributed by atoms with Crippen LogP contribution in [0.25, 0.3) is 11.5 Å². The number of aromatic nitrogens is 2. The number of fused-ring (bicyclic) bond motifs is 1. The first-order valence-electron chi connectivity index (χ1n) is 10.0. The van der Waals surface area contributed by atoms with Gasteiger partial charge in [0, 0.05) is 11.8 Å². The Hall–Kier alpha value is -3.43. The lowest BCUT2D eigenvalue weighted by molar-refractivity contribution is 0.0652. The standard InChI is InChI=1S/C22H22N4O5/c1-28-14-6-4-13(5-7-14)21(27)24-16-11-30-20-17(12-31-19(16)20)26-22-23-9-8-15(25-22)18-3-2-10-29-18/h2-10,16-17,19-20H,11-12H2,1H3,(H,24,27)(H,23,25,26). The molecule has 0 aliphatic carbocycles. The van der Waals surface area contributed by atoms with Crippen molar-refractivity contribution in [3.63, 3.8) is 0 Å². The summed E-state index contributed by atoms with van der Waals surface area (Å²) in [6.45, 7) is 0.807. The number of anilines is 1. The van der Waals surface area contributed by atoms with Crippen molar-refractivity contribution in [1.29, 1.82) is 0 Å². The predicted octanol–water partition coefficient (Wildman–Crippen LogP) is 2.12. The molecule has 1 amide bonds. The van der Waals surface area contributed by atoms with E-state index >= 15 is 0 Å². The maximum absolute atomic E-state index is 12.6. The van der Waals surface area contributed by atoms with E-state index < -0.39 is 0 Å². The lowest BCUT2D eigenvalue weighted by Gasteiger charge is -2.18. The molecule has 2 aliphatic heterocycles. The normalized spacial score (nSPS) is 24.5. The van der Waals surface area contributed by atoms with Gasteiger partial charge in [-0.15, -0.1) is 0 Å². The molecule has 9 nitrogen and oxygen atoms in total. The quantitative estimate of drug-likeness (QED) is 0.622. The molecule has 160 valence electrons. The zero-order valence-electron chi connectivity index (χ0n) is 16.9. The Morgan fingerprint density at radius 1 is 1.06 bits per heavy atom. The first kappa shape index (κ1) is 19.5. The van der Waals surface area contributed by atoms with Gasteiger partial charge in [0.15, 0.2) is 5.76 Å². The first-order chi connectivity index (χ1) is 15.2. The van der Waals surface area contributed by atoms with Crippen molar-refractivity contribution < 1.29 is 23.4 Å². The lowest BCUT2D eigenvalue weighted by Crippen LogP contribution is -2.44. The van der Waals surface area contributed by atoms with Gasteiger partial charge in [0.25, 0.3) is 5.91 Å². The number of rotatable bonds is 6. The van der Waals surface area contributed by atoms with Crippen LogP contribution in [0.15, 0.2) is 59.3 Å². The zero-order chi connectivity index (χ0) is 21.2. The third-order valence-corrected chi connectivity index (χ3v) is 5.47. The van der Waals surface area contributed by atoms with Crippen LogP contribution in [0.5, 0.6) is 5.75 Å². The van der Waals surface area contributed by atoms with Crippen LogP contribution in [0.1, 0.15) is 10.4 Å². The molecule has 3 aromatic rings. The van der Waals surface area contributed by atoms with E-state index in [1.54, 1.807) is 49.9 Å². The van der Waals surface area contributed by atoms with Crippen LogP contribution in [-0.4, -0.2) is 60.5 Å². The fourth-order valence-corrected chi connectivity index (χ4v) is 3.90. The molecule has 0 saturated carbocycles. The molecule has 1 aromatic carbocycles. The number of ether oxygens (including phenoxy) is 3. The minimum atomic E-state index is -0.243. The molecule has 31 heavy (non-hydrogen) atoms. The highest BCUT2D eigenvalue weighted by molar-refractivity contribution is 5.94. The first-order valence-corrected chi connectivity index (χ1v) is 10.0. The fraction of sp³-hybridized carbons (Fsp3) is 0.318. The Morgan fingerprint density at radius 3 is 2.58 bits per heavy atom. The molecule has 4 atom stereocenters. The molecular formula is C22H22N4O5. The van der Waals surface area contributed by atoms with Crippen LogP contribution in [0.2, 0.25) is 0 Å². The minimum absolute atomic E-state index is 0.125. The second-order valence-corrected chi connectivity index (χ2v) is 7.40. The summed E-state index contributed by atoms with van der Waals surface area (Å²) in [5.41, 5.74) is 1.25. The lowest BCUT2D eigenvalue weighted by atomic mass is 10.1. The molecule has 0 bridgehead atoms. The Bertz CT molecular complexity index is 1040. The highest BCUT2D eigenvalue weighted by atomic mass is 16.6. The van der Waals surface area contributed by atoms with Crippen LogP contribution in [-0.2, 0) is 9.47 Å². The highest BCUT2D eigenvalue weighted by Gasteiger charge is 2.48. The fourth-order valence-electron chi connectivity index (χ4n) is 3.90. The number of carbonyl (C=O) groups excluding carboxylic acids is 1. The molecule has 4 heterocycles. The van der Waals surface area contributed by atoms with Crippen LogP contribution in [0.4, 0.5) is 5.95 Å². The summed E-state index contributed by atoms with van der Waals surface area (Å²) in [4.78, 5) is 21.4. The Morgan fingerprint density at radius 2 is 1.84 bits per heavy atom. The molecule has 2 fully saturated rings. The van der Waals surface area contributed by atoms with E-state index in [9.17, 15) is 4.79 Å².